The van der Waals surface area contributed by atoms with Gasteiger partial charge in [0.1, 0.15) is 17.7 Å². The maximum Gasteiger partial charge on any atom is 0.141 e. The average molecular weight is 225 g/mol. The van der Waals surface area contributed by atoms with E-state index in [2.05, 4.69) is 15.0 Å². The van der Waals surface area contributed by atoms with Gasteiger partial charge in [0, 0.05) is 16.6 Å². The minimum Gasteiger partial charge on any atom is -0.507 e. The number of para-hydroxylation sites is 1. The fourth-order valence-electron chi connectivity index (χ4n) is 1.96. The summed E-state index contributed by atoms with van der Waals surface area (Å²) in [4.78, 5) is 11.6. The number of benzene rings is 1. The van der Waals surface area contributed by atoms with Crippen molar-refractivity contribution in [2.24, 2.45) is 0 Å². The molecule has 4 nitrogen and oxygen atoms in total. The summed E-state index contributed by atoms with van der Waals surface area (Å²) < 4.78 is 0. The summed E-state index contributed by atoms with van der Waals surface area (Å²) in [6.07, 6.45) is 1.50. The van der Waals surface area contributed by atoms with Crippen LogP contribution in [0.2, 0.25) is 0 Å². The minimum atomic E-state index is 0.228. The number of rotatable bonds is 1. The molecular formula is C13H11N3O. The van der Waals surface area contributed by atoms with E-state index < -0.39 is 0 Å². The number of nitrogens with one attached hydrogen (secondary N) is 1. The van der Waals surface area contributed by atoms with Gasteiger partial charge >= 0.3 is 0 Å². The van der Waals surface area contributed by atoms with Gasteiger partial charge in [-0.2, -0.15) is 0 Å². The number of phenolic OH excluding ortho intramolecular Hbond substituents is 1. The number of aromatic hydroxyl groups is 1. The van der Waals surface area contributed by atoms with Gasteiger partial charge in [-0.25, -0.2) is 9.97 Å². The van der Waals surface area contributed by atoms with Crippen LogP contribution in [-0.2, 0) is 0 Å². The average Bonchev–Trinajstić information content (AvgIpc) is 2.70. The standard InChI is InChI=1S/C13H11N3O/c1-8-6-10-12(14-7-15-13(10)16-8)9-4-2-3-5-11(9)17/h2-7,17H,1H3,(H,14,15,16). The number of fused-ring (bicyclic) bond motifs is 1. The fourth-order valence-corrected chi connectivity index (χ4v) is 1.96. The zero-order chi connectivity index (χ0) is 11.8. The zero-order valence-electron chi connectivity index (χ0n) is 9.31. The summed E-state index contributed by atoms with van der Waals surface area (Å²) in [6.45, 7) is 1.97. The predicted octanol–water partition coefficient (Wildman–Crippen LogP) is 2.64. The number of aromatic nitrogens is 3. The SMILES string of the molecule is Cc1cc2c(-c3ccccc3O)ncnc2[nH]1. The van der Waals surface area contributed by atoms with Crippen molar-refractivity contribution in [2.45, 2.75) is 6.92 Å². The summed E-state index contributed by atoms with van der Waals surface area (Å²) in [7, 11) is 0. The van der Waals surface area contributed by atoms with Crippen LogP contribution in [0.5, 0.6) is 5.75 Å². The van der Waals surface area contributed by atoms with Gasteiger partial charge in [0.25, 0.3) is 0 Å². The molecule has 0 aliphatic rings. The van der Waals surface area contributed by atoms with Crippen LogP contribution in [0.4, 0.5) is 0 Å². The van der Waals surface area contributed by atoms with Crippen molar-refractivity contribution in [2.75, 3.05) is 0 Å². The van der Waals surface area contributed by atoms with E-state index in [0.29, 0.717) is 0 Å². The maximum atomic E-state index is 9.86. The molecule has 84 valence electrons. The summed E-state index contributed by atoms with van der Waals surface area (Å²) in [5.41, 5.74) is 3.28. The highest BCUT2D eigenvalue weighted by molar-refractivity contribution is 5.92. The number of aromatic amines is 1. The van der Waals surface area contributed by atoms with Gasteiger partial charge < -0.3 is 10.1 Å². The van der Waals surface area contributed by atoms with Gasteiger partial charge in [-0.3, -0.25) is 0 Å². The molecule has 0 radical (unpaired) electrons. The Bertz CT molecular complexity index is 688. The first-order chi connectivity index (χ1) is 8.25. The third-order valence-electron chi connectivity index (χ3n) is 2.72. The smallest absolute Gasteiger partial charge is 0.141 e. The highest BCUT2D eigenvalue weighted by Crippen LogP contribution is 2.31. The molecule has 3 rings (SSSR count). The lowest BCUT2D eigenvalue weighted by Crippen LogP contribution is -1.87. The molecule has 0 bridgehead atoms. The summed E-state index contributed by atoms with van der Waals surface area (Å²) >= 11 is 0. The van der Waals surface area contributed by atoms with Crippen molar-refractivity contribution >= 4 is 11.0 Å². The van der Waals surface area contributed by atoms with Crippen LogP contribution in [0, 0.1) is 6.92 Å². The number of nitrogens with zero attached hydrogens (tertiary/aromatic N) is 2. The van der Waals surface area contributed by atoms with E-state index in [1.807, 2.05) is 25.1 Å². The van der Waals surface area contributed by atoms with Gasteiger partial charge in [0.15, 0.2) is 0 Å². The van der Waals surface area contributed by atoms with Crippen LogP contribution in [0.1, 0.15) is 5.69 Å². The van der Waals surface area contributed by atoms with E-state index in [1.54, 1.807) is 12.1 Å². The van der Waals surface area contributed by atoms with Crippen LogP contribution >= 0.6 is 0 Å². The molecule has 0 aliphatic carbocycles. The normalized spacial score (nSPS) is 10.9. The highest BCUT2D eigenvalue weighted by Gasteiger charge is 2.11. The monoisotopic (exact) mass is 225 g/mol. The van der Waals surface area contributed by atoms with E-state index in [-0.39, 0.29) is 5.75 Å². The van der Waals surface area contributed by atoms with Crippen molar-refractivity contribution in [3.8, 4) is 17.0 Å². The van der Waals surface area contributed by atoms with Crippen LogP contribution in [0.3, 0.4) is 0 Å². The quantitative estimate of drug-likeness (QED) is 0.669. The van der Waals surface area contributed by atoms with Gasteiger partial charge in [0.05, 0.1) is 5.69 Å². The second kappa shape index (κ2) is 3.59. The highest BCUT2D eigenvalue weighted by atomic mass is 16.3. The number of aryl methyl sites for hydroxylation is 1. The van der Waals surface area contributed by atoms with Gasteiger partial charge in [-0.05, 0) is 25.1 Å². The van der Waals surface area contributed by atoms with Crippen molar-refractivity contribution < 1.29 is 5.11 Å². The number of hydrogen-bond donors (Lipinski definition) is 2. The lowest BCUT2D eigenvalue weighted by Gasteiger charge is -2.03. The van der Waals surface area contributed by atoms with E-state index in [1.165, 1.54) is 6.33 Å². The minimum absolute atomic E-state index is 0.228. The predicted molar refractivity (Wildman–Crippen MR) is 65.7 cm³/mol. The molecule has 0 spiro atoms. The Morgan fingerprint density at radius 3 is 2.82 bits per heavy atom. The second-order valence-electron chi connectivity index (χ2n) is 3.95. The molecule has 2 N–H and O–H groups in total. The first kappa shape index (κ1) is 9.84. The third kappa shape index (κ3) is 1.54. The molecule has 0 saturated heterocycles. The molecule has 0 fully saturated rings. The number of H-pyrrole nitrogens is 1. The molecule has 0 aliphatic heterocycles. The molecule has 0 atom stereocenters. The molecule has 3 aromatic rings. The molecule has 2 aromatic heterocycles. The summed E-state index contributed by atoms with van der Waals surface area (Å²) in [5.74, 6) is 0.228. The Morgan fingerprint density at radius 2 is 2.00 bits per heavy atom. The zero-order valence-corrected chi connectivity index (χ0v) is 9.31. The van der Waals surface area contributed by atoms with E-state index in [9.17, 15) is 5.11 Å². The molecule has 0 unspecified atom stereocenters. The van der Waals surface area contributed by atoms with Crippen molar-refractivity contribution in [3.63, 3.8) is 0 Å². The van der Waals surface area contributed by atoms with Crippen LogP contribution in [0.15, 0.2) is 36.7 Å². The molecular weight excluding hydrogens is 214 g/mol. The van der Waals surface area contributed by atoms with Crippen molar-refractivity contribution in [3.05, 3.63) is 42.4 Å². The number of hydrogen-bond acceptors (Lipinski definition) is 3. The first-order valence-electron chi connectivity index (χ1n) is 5.34. The van der Waals surface area contributed by atoms with Gasteiger partial charge in [-0.15, -0.1) is 0 Å². The Hall–Kier alpha value is -2.36. The Balaban J connectivity index is 2.34. The van der Waals surface area contributed by atoms with Crippen molar-refractivity contribution in [1.82, 2.24) is 15.0 Å². The molecule has 2 heterocycles. The van der Waals surface area contributed by atoms with Crippen LogP contribution in [0.25, 0.3) is 22.3 Å². The largest absolute Gasteiger partial charge is 0.507 e. The Morgan fingerprint density at radius 1 is 1.18 bits per heavy atom. The Labute approximate surface area is 98.0 Å². The molecule has 0 saturated carbocycles. The van der Waals surface area contributed by atoms with Gasteiger partial charge in [0.2, 0.25) is 0 Å². The van der Waals surface area contributed by atoms with E-state index in [4.69, 9.17) is 0 Å². The van der Waals surface area contributed by atoms with E-state index in [0.717, 1.165) is 28.0 Å². The molecule has 17 heavy (non-hydrogen) atoms. The van der Waals surface area contributed by atoms with Crippen LogP contribution < -0.4 is 0 Å². The molecule has 4 heteroatoms. The number of phenols is 1. The van der Waals surface area contributed by atoms with Crippen LogP contribution in [-0.4, -0.2) is 20.1 Å². The lowest BCUT2D eigenvalue weighted by atomic mass is 10.1. The molecule has 0 amide bonds. The lowest BCUT2D eigenvalue weighted by molar-refractivity contribution is 0.477. The molecule has 1 aromatic carbocycles. The maximum absolute atomic E-state index is 9.86. The summed E-state index contributed by atoms with van der Waals surface area (Å²) in [5, 5.41) is 10.8. The Kier molecular flexibility index (Phi) is 2.08. The van der Waals surface area contributed by atoms with E-state index >= 15 is 0 Å². The third-order valence-corrected chi connectivity index (χ3v) is 2.72. The first-order valence-corrected chi connectivity index (χ1v) is 5.34. The van der Waals surface area contributed by atoms with Gasteiger partial charge in [-0.1, -0.05) is 12.1 Å². The summed E-state index contributed by atoms with van der Waals surface area (Å²) in [6, 6.07) is 9.15. The van der Waals surface area contributed by atoms with Crippen molar-refractivity contribution in [1.29, 1.82) is 0 Å². The topological polar surface area (TPSA) is 61.8 Å². The fraction of sp³-hybridized carbons (Fsp3) is 0.0769. The second-order valence-corrected chi connectivity index (χ2v) is 3.95.